The van der Waals surface area contributed by atoms with E-state index in [0.717, 1.165) is 10.8 Å². The molecule has 1 unspecified atom stereocenters. The average molecular weight is 206 g/mol. The molecule has 1 aromatic rings. The van der Waals surface area contributed by atoms with E-state index in [9.17, 15) is 0 Å². The molecule has 0 N–H and O–H groups in total. The largest absolute Gasteiger partial charge is 0.250 e. The third-order valence-electron chi connectivity index (χ3n) is 2.08. The molecule has 0 aliphatic heterocycles. The lowest BCUT2D eigenvalue weighted by atomic mass is 10.2. The van der Waals surface area contributed by atoms with E-state index in [4.69, 9.17) is 5.26 Å². The van der Waals surface area contributed by atoms with Gasteiger partial charge in [0.1, 0.15) is 0 Å². The molecule has 3 heteroatoms. The standard InChI is InChI=1S/C11H14N2S/c1-3-9(2)8-14-11-6-10(7-12)4-5-13-11/h4-6,9H,3,8H2,1-2H3. The summed E-state index contributed by atoms with van der Waals surface area (Å²) in [7, 11) is 0. The zero-order chi connectivity index (χ0) is 10.4. The summed E-state index contributed by atoms with van der Waals surface area (Å²) >= 11 is 1.72. The molecule has 0 fully saturated rings. The Morgan fingerprint density at radius 2 is 2.43 bits per heavy atom. The van der Waals surface area contributed by atoms with Gasteiger partial charge in [0.25, 0.3) is 0 Å². The van der Waals surface area contributed by atoms with Gasteiger partial charge in [-0.3, -0.25) is 0 Å². The summed E-state index contributed by atoms with van der Waals surface area (Å²) in [6, 6.07) is 5.69. The number of aromatic nitrogens is 1. The summed E-state index contributed by atoms with van der Waals surface area (Å²) in [5.74, 6) is 1.77. The minimum Gasteiger partial charge on any atom is -0.250 e. The summed E-state index contributed by atoms with van der Waals surface area (Å²) in [5.41, 5.74) is 0.687. The van der Waals surface area contributed by atoms with E-state index >= 15 is 0 Å². The Hall–Kier alpha value is -1.01. The Balaban J connectivity index is 2.55. The Morgan fingerprint density at radius 3 is 3.07 bits per heavy atom. The summed E-state index contributed by atoms with van der Waals surface area (Å²) in [4.78, 5) is 4.21. The van der Waals surface area contributed by atoms with Crippen molar-refractivity contribution in [3.8, 4) is 6.07 Å². The number of rotatable bonds is 4. The van der Waals surface area contributed by atoms with Crippen LogP contribution in [0.3, 0.4) is 0 Å². The van der Waals surface area contributed by atoms with Crippen LogP contribution in [0, 0.1) is 17.2 Å². The predicted octanol–water partition coefficient (Wildman–Crippen LogP) is 3.09. The second kappa shape index (κ2) is 5.66. The normalized spacial score (nSPS) is 12.1. The van der Waals surface area contributed by atoms with Crippen LogP contribution < -0.4 is 0 Å². The van der Waals surface area contributed by atoms with Crippen LogP contribution >= 0.6 is 11.8 Å². The van der Waals surface area contributed by atoms with Gasteiger partial charge in [0.2, 0.25) is 0 Å². The maximum atomic E-state index is 8.70. The van der Waals surface area contributed by atoms with Gasteiger partial charge in [0.15, 0.2) is 0 Å². The lowest BCUT2D eigenvalue weighted by Gasteiger charge is -2.06. The van der Waals surface area contributed by atoms with Gasteiger partial charge in [0, 0.05) is 11.9 Å². The highest BCUT2D eigenvalue weighted by Gasteiger charge is 2.02. The number of nitriles is 1. The van der Waals surface area contributed by atoms with Crippen LogP contribution in [0.4, 0.5) is 0 Å². The maximum Gasteiger partial charge on any atom is 0.0993 e. The van der Waals surface area contributed by atoms with E-state index in [-0.39, 0.29) is 0 Å². The van der Waals surface area contributed by atoms with Gasteiger partial charge < -0.3 is 0 Å². The van der Waals surface area contributed by atoms with Crippen LogP contribution in [0.25, 0.3) is 0 Å². The van der Waals surface area contributed by atoms with E-state index in [2.05, 4.69) is 24.9 Å². The van der Waals surface area contributed by atoms with Gasteiger partial charge in [-0.15, -0.1) is 11.8 Å². The van der Waals surface area contributed by atoms with Crippen molar-refractivity contribution in [3.63, 3.8) is 0 Å². The van der Waals surface area contributed by atoms with E-state index in [1.165, 1.54) is 6.42 Å². The third-order valence-corrected chi connectivity index (χ3v) is 3.33. The Bertz CT molecular complexity index is 330. The Kier molecular flexibility index (Phi) is 4.48. The maximum absolute atomic E-state index is 8.70. The topological polar surface area (TPSA) is 36.7 Å². The van der Waals surface area contributed by atoms with Crippen molar-refractivity contribution in [1.29, 1.82) is 5.26 Å². The summed E-state index contributed by atoms with van der Waals surface area (Å²) < 4.78 is 0. The highest BCUT2D eigenvalue weighted by molar-refractivity contribution is 7.99. The number of nitrogens with zero attached hydrogens (tertiary/aromatic N) is 2. The number of hydrogen-bond donors (Lipinski definition) is 0. The fourth-order valence-electron chi connectivity index (χ4n) is 0.903. The van der Waals surface area contributed by atoms with Crippen LogP contribution in [-0.2, 0) is 0 Å². The monoisotopic (exact) mass is 206 g/mol. The molecule has 0 radical (unpaired) electrons. The van der Waals surface area contributed by atoms with Crippen LogP contribution in [0.15, 0.2) is 23.4 Å². The van der Waals surface area contributed by atoms with E-state index < -0.39 is 0 Å². The first-order valence-electron chi connectivity index (χ1n) is 4.75. The highest BCUT2D eigenvalue weighted by atomic mass is 32.2. The number of hydrogen-bond acceptors (Lipinski definition) is 3. The van der Waals surface area contributed by atoms with Crippen LogP contribution in [0.5, 0.6) is 0 Å². The van der Waals surface area contributed by atoms with Gasteiger partial charge in [-0.25, -0.2) is 4.98 Å². The third kappa shape index (κ3) is 3.39. The lowest BCUT2D eigenvalue weighted by molar-refractivity contribution is 0.636. The fraction of sp³-hybridized carbons (Fsp3) is 0.455. The summed E-state index contributed by atoms with van der Waals surface area (Å²) in [6.45, 7) is 4.41. The van der Waals surface area contributed by atoms with Crippen LogP contribution in [0.2, 0.25) is 0 Å². The van der Waals surface area contributed by atoms with E-state index in [1.807, 2.05) is 6.07 Å². The molecule has 2 nitrogen and oxygen atoms in total. The van der Waals surface area contributed by atoms with E-state index in [1.54, 1.807) is 24.0 Å². The molecule has 0 amide bonds. The molecule has 1 rings (SSSR count). The van der Waals surface area contributed by atoms with Gasteiger partial charge >= 0.3 is 0 Å². The van der Waals surface area contributed by atoms with E-state index in [0.29, 0.717) is 11.5 Å². The molecule has 1 aromatic heterocycles. The van der Waals surface area contributed by atoms with Crippen molar-refractivity contribution >= 4 is 11.8 Å². The van der Waals surface area contributed by atoms with Crippen molar-refractivity contribution < 1.29 is 0 Å². The van der Waals surface area contributed by atoms with Crippen molar-refractivity contribution in [2.75, 3.05) is 5.75 Å². The zero-order valence-corrected chi connectivity index (χ0v) is 9.34. The second-order valence-corrected chi connectivity index (χ2v) is 4.36. The summed E-state index contributed by atoms with van der Waals surface area (Å²) in [6.07, 6.45) is 2.88. The highest BCUT2D eigenvalue weighted by Crippen LogP contribution is 2.20. The fourth-order valence-corrected chi connectivity index (χ4v) is 1.94. The van der Waals surface area contributed by atoms with Gasteiger partial charge in [-0.05, 0) is 18.1 Å². The SMILES string of the molecule is CCC(C)CSc1cc(C#N)ccn1. The molecule has 0 saturated carbocycles. The summed E-state index contributed by atoms with van der Waals surface area (Å²) in [5, 5.41) is 9.65. The number of thioether (sulfide) groups is 1. The smallest absolute Gasteiger partial charge is 0.0993 e. The molecular weight excluding hydrogens is 192 g/mol. The molecule has 74 valence electrons. The first-order valence-corrected chi connectivity index (χ1v) is 5.73. The Morgan fingerprint density at radius 1 is 1.64 bits per heavy atom. The molecule has 1 heterocycles. The zero-order valence-electron chi connectivity index (χ0n) is 8.53. The molecule has 0 spiro atoms. The quantitative estimate of drug-likeness (QED) is 0.710. The van der Waals surface area contributed by atoms with Crippen molar-refractivity contribution in [2.45, 2.75) is 25.3 Å². The van der Waals surface area contributed by atoms with Crippen LogP contribution in [0.1, 0.15) is 25.8 Å². The van der Waals surface area contributed by atoms with Crippen molar-refractivity contribution in [1.82, 2.24) is 4.98 Å². The average Bonchev–Trinajstić information content (AvgIpc) is 2.26. The predicted molar refractivity (Wildman–Crippen MR) is 59.1 cm³/mol. The molecule has 0 saturated heterocycles. The van der Waals surface area contributed by atoms with Gasteiger partial charge in [-0.1, -0.05) is 20.3 Å². The van der Waals surface area contributed by atoms with Gasteiger partial charge in [0.05, 0.1) is 16.7 Å². The first kappa shape index (κ1) is 11.1. The minimum absolute atomic E-state index is 0.687. The first-order chi connectivity index (χ1) is 6.76. The molecule has 0 aliphatic carbocycles. The molecule has 1 atom stereocenters. The van der Waals surface area contributed by atoms with Crippen molar-refractivity contribution in [2.24, 2.45) is 5.92 Å². The minimum atomic E-state index is 0.687. The second-order valence-electron chi connectivity index (χ2n) is 3.32. The Labute approximate surface area is 89.4 Å². The number of pyridine rings is 1. The molecule has 14 heavy (non-hydrogen) atoms. The van der Waals surface area contributed by atoms with Crippen LogP contribution in [-0.4, -0.2) is 10.7 Å². The van der Waals surface area contributed by atoms with Crippen molar-refractivity contribution in [3.05, 3.63) is 23.9 Å². The van der Waals surface area contributed by atoms with Gasteiger partial charge in [-0.2, -0.15) is 5.26 Å². The molecule has 0 aromatic carbocycles. The lowest BCUT2D eigenvalue weighted by Crippen LogP contribution is -1.95. The molecule has 0 bridgehead atoms. The molecular formula is C11H14N2S. The molecule has 0 aliphatic rings.